The van der Waals surface area contributed by atoms with Crippen molar-refractivity contribution in [2.24, 2.45) is 11.3 Å². The molecule has 0 spiro atoms. The van der Waals surface area contributed by atoms with E-state index >= 15 is 0 Å². The summed E-state index contributed by atoms with van der Waals surface area (Å²) in [7, 11) is 0. The van der Waals surface area contributed by atoms with Gasteiger partial charge in [0.15, 0.2) is 0 Å². The predicted octanol–water partition coefficient (Wildman–Crippen LogP) is 3.45. The topological polar surface area (TPSA) is 58.6 Å². The van der Waals surface area contributed by atoms with E-state index in [0.29, 0.717) is 24.4 Å². The smallest absolute Gasteiger partial charge is 0.240 e. The molecule has 1 aliphatic carbocycles. The number of carbonyl (C=O) groups excluding carboxylic acids is 2. The number of hydrogen-bond acceptors (Lipinski definition) is 3. The number of nitrogens with one attached hydrogen (secondary N) is 1. The van der Waals surface area contributed by atoms with Crippen LogP contribution in [0.2, 0.25) is 0 Å². The zero-order valence-electron chi connectivity index (χ0n) is 15.4. The molecule has 2 aliphatic rings. The minimum atomic E-state index is -0.840. The van der Waals surface area contributed by atoms with E-state index in [0.717, 1.165) is 31.7 Å². The molecule has 0 radical (unpaired) electrons. The third-order valence-corrected chi connectivity index (χ3v) is 5.15. The van der Waals surface area contributed by atoms with E-state index in [-0.39, 0.29) is 17.9 Å². The SMILES string of the molecule is CC1CCN(C(=O)C2(C(=O)Nc3ccc(OC(C)C)cc3)CC2)CC1. The average molecular weight is 344 g/mol. The third kappa shape index (κ3) is 3.97. The van der Waals surface area contributed by atoms with E-state index < -0.39 is 5.41 Å². The molecule has 1 saturated carbocycles. The average Bonchev–Trinajstić information content (AvgIpc) is 3.38. The van der Waals surface area contributed by atoms with Crippen molar-refractivity contribution in [3.63, 3.8) is 0 Å². The molecule has 1 N–H and O–H groups in total. The van der Waals surface area contributed by atoms with E-state index in [1.165, 1.54) is 0 Å². The molecule has 2 fully saturated rings. The van der Waals surface area contributed by atoms with Crippen LogP contribution in [0.25, 0.3) is 0 Å². The Hall–Kier alpha value is -2.04. The van der Waals surface area contributed by atoms with Crippen LogP contribution in [0.5, 0.6) is 5.75 Å². The first-order chi connectivity index (χ1) is 11.9. The van der Waals surface area contributed by atoms with Crippen molar-refractivity contribution < 1.29 is 14.3 Å². The van der Waals surface area contributed by atoms with Gasteiger partial charge in [0.1, 0.15) is 11.2 Å². The molecule has 0 unspecified atom stereocenters. The largest absolute Gasteiger partial charge is 0.491 e. The number of amides is 2. The standard InChI is InChI=1S/C20H28N2O3/c1-14(2)25-17-6-4-16(5-7-17)21-18(23)20(10-11-20)19(24)22-12-8-15(3)9-13-22/h4-7,14-15H,8-13H2,1-3H3,(H,21,23). The molecule has 1 aliphatic heterocycles. The number of benzene rings is 1. The number of nitrogens with zero attached hydrogens (tertiary/aromatic N) is 1. The summed E-state index contributed by atoms with van der Waals surface area (Å²) >= 11 is 0. The maximum atomic E-state index is 12.8. The Balaban J connectivity index is 1.61. The zero-order chi connectivity index (χ0) is 18.0. The fourth-order valence-electron chi connectivity index (χ4n) is 3.32. The van der Waals surface area contributed by atoms with Gasteiger partial charge in [-0.1, -0.05) is 6.92 Å². The summed E-state index contributed by atoms with van der Waals surface area (Å²) < 4.78 is 5.61. The van der Waals surface area contributed by atoms with Crippen molar-refractivity contribution in [3.8, 4) is 5.75 Å². The highest BCUT2D eigenvalue weighted by Gasteiger charge is 2.58. The Labute approximate surface area is 149 Å². The summed E-state index contributed by atoms with van der Waals surface area (Å²) in [5, 5.41) is 2.91. The first kappa shape index (κ1) is 17.8. The summed E-state index contributed by atoms with van der Waals surface area (Å²) in [4.78, 5) is 27.4. The number of hydrogen-bond donors (Lipinski definition) is 1. The second kappa shape index (κ2) is 7.06. The van der Waals surface area contributed by atoms with Crippen LogP contribution in [0.4, 0.5) is 5.69 Å². The van der Waals surface area contributed by atoms with E-state index in [4.69, 9.17) is 4.74 Å². The first-order valence-electron chi connectivity index (χ1n) is 9.28. The quantitative estimate of drug-likeness (QED) is 0.832. The van der Waals surface area contributed by atoms with Crippen LogP contribution in [0.1, 0.15) is 46.5 Å². The highest BCUT2D eigenvalue weighted by atomic mass is 16.5. The summed E-state index contributed by atoms with van der Waals surface area (Å²) in [6.45, 7) is 7.71. The molecule has 136 valence electrons. The van der Waals surface area contributed by atoms with Crippen LogP contribution in [0, 0.1) is 11.3 Å². The molecule has 2 amide bonds. The van der Waals surface area contributed by atoms with Crippen LogP contribution in [-0.2, 0) is 9.59 Å². The molecule has 1 aromatic rings. The highest BCUT2D eigenvalue weighted by Crippen LogP contribution is 2.48. The lowest BCUT2D eigenvalue weighted by atomic mass is 9.96. The fourth-order valence-corrected chi connectivity index (χ4v) is 3.32. The highest BCUT2D eigenvalue weighted by molar-refractivity contribution is 6.13. The first-order valence-corrected chi connectivity index (χ1v) is 9.28. The number of anilines is 1. The van der Waals surface area contributed by atoms with Crippen LogP contribution in [-0.4, -0.2) is 35.9 Å². The van der Waals surface area contributed by atoms with Gasteiger partial charge >= 0.3 is 0 Å². The molecule has 5 nitrogen and oxygen atoms in total. The van der Waals surface area contributed by atoms with Crippen LogP contribution in [0.3, 0.4) is 0 Å². The normalized spacial score (nSPS) is 19.6. The Kier molecular flexibility index (Phi) is 5.02. The number of carbonyl (C=O) groups is 2. The van der Waals surface area contributed by atoms with E-state index in [1.807, 2.05) is 43.0 Å². The van der Waals surface area contributed by atoms with Crippen LogP contribution >= 0.6 is 0 Å². The summed E-state index contributed by atoms with van der Waals surface area (Å²) in [5.41, 5.74) is -0.138. The fraction of sp³-hybridized carbons (Fsp3) is 0.600. The molecular formula is C20H28N2O3. The molecule has 0 bridgehead atoms. The van der Waals surface area contributed by atoms with Gasteiger partial charge in [-0.15, -0.1) is 0 Å². The Morgan fingerprint density at radius 1 is 1.16 bits per heavy atom. The molecule has 1 saturated heterocycles. The maximum absolute atomic E-state index is 12.8. The number of ether oxygens (including phenoxy) is 1. The third-order valence-electron chi connectivity index (χ3n) is 5.15. The Bertz CT molecular complexity index is 627. The van der Waals surface area contributed by atoms with Gasteiger partial charge in [-0.3, -0.25) is 9.59 Å². The van der Waals surface area contributed by atoms with Gasteiger partial charge < -0.3 is 15.0 Å². The van der Waals surface area contributed by atoms with E-state index in [2.05, 4.69) is 12.2 Å². The number of rotatable bonds is 5. The molecular weight excluding hydrogens is 316 g/mol. The second-order valence-electron chi connectivity index (χ2n) is 7.70. The minimum Gasteiger partial charge on any atom is -0.491 e. The lowest BCUT2D eigenvalue weighted by Crippen LogP contribution is -2.46. The molecule has 1 heterocycles. The van der Waals surface area contributed by atoms with Crippen molar-refractivity contribution in [1.82, 2.24) is 4.90 Å². The van der Waals surface area contributed by atoms with Gasteiger partial charge in [-0.25, -0.2) is 0 Å². The summed E-state index contributed by atoms with van der Waals surface area (Å²) in [6.07, 6.45) is 3.47. The Morgan fingerprint density at radius 3 is 2.28 bits per heavy atom. The number of likely N-dealkylation sites (tertiary alicyclic amines) is 1. The lowest BCUT2D eigenvalue weighted by molar-refractivity contribution is -0.143. The van der Waals surface area contributed by atoms with Gasteiger partial charge in [0.05, 0.1) is 6.10 Å². The van der Waals surface area contributed by atoms with E-state index in [1.54, 1.807) is 0 Å². The van der Waals surface area contributed by atoms with Crippen molar-refractivity contribution in [3.05, 3.63) is 24.3 Å². The number of piperidine rings is 1. The lowest BCUT2D eigenvalue weighted by Gasteiger charge is -2.32. The molecule has 5 heteroatoms. The van der Waals surface area contributed by atoms with Gasteiger partial charge in [0, 0.05) is 18.8 Å². The van der Waals surface area contributed by atoms with Crippen molar-refractivity contribution >= 4 is 17.5 Å². The second-order valence-corrected chi connectivity index (χ2v) is 7.70. The van der Waals surface area contributed by atoms with E-state index in [9.17, 15) is 9.59 Å². The zero-order valence-corrected chi connectivity index (χ0v) is 15.4. The van der Waals surface area contributed by atoms with Gasteiger partial charge in [0.25, 0.3) is 0 Å². The van der Waals surface area contributed by atoms with Gasteiger partial charge in [0.2, 0.25) is 11.8 Å². The minimum absolute atomic E-state index is 0.0108. The predicted molar refractivity (Wildman–Crippen MR) is 97.5 cm³/mol. The van der Waals surface area contributed by atoms with Crippen LogP contribution < -0.4 is 10.1 Å². The van der Waals surface area contributed by atoms with Crippen LogP contribution in [0.15, 0.2) is 24.3 Å². The van der Waals surface area contributed by atoms with Gasteiger partial charge in [-0.05, 0) is 69.7 Å². The molecule has 3 rings (SSSR count). The van der Waals surface area contributed by atoms with Gasteiger partial charge in [-0.2, -0.15) is 0 Å². The molecule has 25 heavy (non-hydrogen) atoms. The van der Waals surface area contributed by atoms with Crippen molar-refractivity contribution in [2.45, 2.75) is 52.6 Å². The van der Waals surface area contributed by atoms with Crippen molar-refractivity contribution in [1.29, 1.82) is 0 Å². The Morgan fingerprint density at radius 2 is 1.76 bits per heavy atom. The summed E-state index contributed by atoms with van der Waals surface area (Å²) in [5.74, 6) is 1.28. The molecule has 1 aromatic carbocycles. The monoisotopic (exact) mass is 344 g/mol. The summed E-state index contributed by atoms with van der Waals surface area (Å²) in [6, 6.07) is 7.31. The van der Waals surface area contributed by atoms with Crippen molar-refractivity contribution in [2.75, 3.05) is 18.4 Å². The maximum Gasteiger partial charge on any atom is 0.240 e. The molecule has 0 atom stereocenters. The molecule has 0 aromatic heterocycles.